The molecule has 2 aliphatic rings. The number of fused-ring (bicyclic) bond motifs is 1. The van der Waals surface area contributed by atoms with Gasteiger partial charge in [-0.3, -0.25) is 14.7 Å². The maximum Gasteiger partial charge on any atom is 0.308 e. The molecule has 150 valence electrons. The van der Waals surface area contributed by atoms with E-state index in [1.165, 1.54) is 18.2 Å². The quantitative estimate of drug-likeness (QED) is 0.306. The predicted octanol–water partition coefficient (Wildman–Crippen LogP) is 2.12. The summed E-state index contributed by atoms with van der Waals surface area (Å²) in [6.07, 6.45) is 2.79. The second kappa shape index (κ2) is 10.8. The number of benzene rings is 1. The van der Waals surface area contributed by atoms with Crippen LogP contribution in [-0.2, 0) is 22.5 Å². The Balaban J connectivity index is 0.00000261. The van der Waals surface area contributed by atoms with Gasteiger partial charge in [-0.2, -0.15) is 0 Å². The Labute approximate surface area is 179 Å². The first-order chi connectivity index (χ1) is 12.7. The summed E-state index contributed by atoms with van der Waals surface area (Å²) in [6.45, 7) is 5.72. The summed E-state index contributed by atoms with van der Waals surface area (Å²) in [6, 6.07) is 8.73. The minimum atomic E-state index is -0.0852. The van der Waals surface area contributed by atoms with Gasteiger partial charge in [-0.05, 0) is 30.4 Å². The van der Waals surface area contributed by atoms with Gasteiger partial charge < -0.3 is 15.0 Å². The van der Waals surface area contributed by atoms with Crippen molar-refractivity contribution >= 4 is 35.9 Å². The zero-order valence-electron chi connectivity index (χ0n) is 16.3. The Morgan fingerprint density at radius 2 is 1.93 bits per heavy atom. The highest BCUT2D eigenvalue weighted by Crippen LogP contribution is 2.19. The van der Waals surface area contributed by atoms with Crippen LogP contribution in [0, 0.1) is 5.92 Å². The van der Waals surface area contributed by atoms with E-state index >= 15 is 0 Å². The largest absolute Gasteiger partial charge is 0.469 e. The molecule has 0 atom stereocenters. The number of halogens is 1. The number of esters is 1. The van der Waals surface area contributed by atoms with Crippen molar-refractivity contribution in [3.8, 4) is 0 Å². The normalized spacial score (nSPS) is 18.4. The summed E-state index contributed by atoms with van der Waals surface area (Å²) in [5.41, 5.74) is 2.94. The van der Waals surface area contributed by atoms with Crippen molar-refractivity contribution in [2.24, 2.45) is 10.9 Å². The van der Waals surface area contributed by atoms with Gasteiger partial charge >= 0.3 is 5.97 Å². The standard InChI is InChI=1S/C20H30N4O2.HI/c1-21-20(24-12-8-17(9-13-24)19(25)26-2)22-10-14-23-11-7-16-5-3-4-6-18(16)15-23;/h3-6,17H,7-15H2,1-2H3,(H,21,22);1H. The van der Waals surface area contributed by atoms with E-state index in [9.17, 15) is 4.79 Å². The van der Waals surface area contributed by atoms with Crippen molar-refractivity contribution in [1.29, 1.82) is 0 Å². The van der Waals surface area contributed by atoms with Gasteiger partial charge in [-0.15, -0.1) is 24.0 Å². The Hall–Kier alpha value is -1.35. The first-order valence-corrected chi connectivity index (χ1v) is 9.54. The van der Waals surface area contributed by atoms with Crippen molar-refractivity contribution < 1.29 is 9.53 Å². The van der Waals surface area contributed by atoms with Gasteiger partial charge in [-0.1, -0.05) is 24.3 Å². The first-order valence-electron chi connectivity index (χ1n) is 9.54. The number of piperidine rings is 1. The lowest BCUT2D eigenvalue weighted by Gasteiger charge is -2.34. The topological polar surface area (TPSA) is 57.2 Å². The SMILES string of the molecule is CN=C(NCCN1CCc2ccccc2C1)N1CCC(C(=O)OC)CC1.I. The van der Waals surface area contributed by atoms with Crippen LogP contribution in [0.5, 0.6) is 0 Å². The van der Waals surface area contributed by atoms with Crippen LogP contribution in [0.15, 0.2) is 29.3 Å². The van der Waals surface area contributed by atoms with Crippen molar-refractivity contribution in [2.75, 3.05) is 46.9 Å². The smallest absolute Gasteiger partial charge is 0.308 e. The second-order valence-electron chi connectivity index (χ2n) is 7.05. The number of hydrogen-bond acceptors (Lipinski definition) is 4. The van der Waals surface area contributed by atoms with Crippen LogP contribution in [0.4, 0.5) is 0 Å². The molecule has 2 aliphatic heterocycles. The third-order valence-corrected chi connectivity index (χ3v) is 5.46. The fourth-order valence-corrected chi connectivity index (χ4v) is 3.90. The molecule has 0 saturated carbocycles. The Bertz CT molecular complexity index is 645. The molecule has 1 saturated heterocycles. The van der Waals surface area contributed by atoms with Gasteiger partial charge in [0.15, 0.2) is 5.96 Å². The number of likely N-dealkylation sites (tertiary alicyclic amines) is 1. The number of carbonyl (C=O) groups excluding carboxylic acids is 1. The number of carbonyl (C=O) groups is 1. The van der Waals surface area contributed by atoms with E-state index in [1.807, 2.05) is 7.05 Å². The lowest BCUT2D eigenvalue weighted by molar-refractivity contribution is -0.146. The minimum absolute atomic E-state index is 0. The Kier molecular flexibility index (Phi) is 8.82. The van der Waals surface area contributed by atoms with E-state index in [0.29, 0.717) is 0 Å². The van der Waals surface area contributed by atoms with E-state index in [0.717, 1.165) is 64.5 Å². The second-order valence-corrected chi connectivity index (χ2v) is 7.05. The summed E-state index contributed by atoms with van der Waals surface area (Å²) >= 11 is 0. The number of methoxy groups -OCH3 is 1. The number of hydrogen-bond donors (Lipinski definition) is 1. The average molecular weight is 486 g/mol. The molecular weight excluding hydrogens is 455 g/mol. The van der Waals surface area contributed by atoms with E-state index in [4.69, 9.17) is 4.74 Å². The molecule has 2 heterocycles. The Morgan fingerprint density at radius 1 is 1.22 bits per heavy atom. The highest BCUT2D eigenvalue weighted by atomic mass is 127. The maximum atomic E-state index is 11.7. The summed E-state index contributed by atoms with van der Waals surface area (Å²) < 4.78 is 4.86. The van der Waals surface area contributed by atoms with Gasteiger partial charge in [0.05, 0.1) is 13.0 Å². The van der Waals surface area contributed by atoms with Crippen molar-refractivity contribution in [3.05, 3.63) is 35.4 Å². The lowest BCUT2D eigenvalue weighted by atomic mass is 9.97. The molecule has 1 N–H and O–H groups in total. The molecule has 0 aromatic heterocycles. The molecule has 1 aromatic rings. The molecule has 1 fully saturated rings. The van der Waals surface area contributed by atoms with Crippen LogP contribution in [0.25, 0.3) is 0 Å². The number of ether oxygens (including phenoxy) is 1. The average Bonchev–Trinajstić information content (AvgIpc) is 2.70. The molecule has 6 nitrogen and oxygen atoms in total. The summed E-state index contributed by atoms with van der Waals surface area (Å²) in [5.74, 6) is 0.881. The van der Waals surface area contributed by atoms with Gasteiger partial charge in [0.1, 0.15) is 0 Å². The number of aliphatic imine (C=N–C) groups is 1. The van der Waals surface area contributed by atoms with Gasteiger partial charge in [0.2, 0.25) is 0 Å². The molecule has 0 spiro atoms. The highest BCUT2D eigenvalue weighted by molar-refractivity contribution is 14.0. The summed E-state index contributed by atoms with van der Waals surface area (Å²) in [7, 11) is 3.29. The molecule has 1 aromatic carbocycles. The van der Waals surface area contributed by atoms with E-state index < -0.39 is 0 Å². The van der Waals surface area contributed by atoms with E-state index in [-0.39, 0.29) is 35.9 Å². The van der Waals surface area contributed by atoms with Crippen LogP contribution in [0.2, 0.25) is 0 Å². The lowest BCUT2D eigenvalue weighted by Crippen LogP contribution is -2.48. The number of nitrogens with one attached hydrogen (secondary N) is 1. The minimum Gasteiger partial charge on any atom is -0.469 e. The summed E-state index contributed by atoms with van der Waals surface area (Å²) in [5, 5.41) is 3.49. The third kappa shape index (κ3) is 5.81. The van der Waals surface area contributed by atoms with E-state index in [1.54, 1.807) is 0 Å². The molecule has 3 rings (SSSR count). The van der Waals surface area contributed by atoms with Crippen LogP contribution < -0.4 is 5.32 Å². The fourth-order valence-electron chi connectivity index (χ4n) is 3.90. The molecule has 0 bridgehead atoms. The van der Waals surface area contributed by atoms with Crippen molar-refractivity contribution in [1.82, 2.24) is 15.1 Å². The van der Waals surface area contributed by atoms with Gasteiger partial charge in [-0.25, -0.2) is 0 Å². The molecule has 0 aliphatic carbocycles. The molecule has 27 heavy (non-hydrogen) atoms. The molecular formula is C20H31IN4O2. The van der Waals surface area contributed by atoms with Crippen molar-refractivity contribution in [3.63, 3.8) is 0 Å². The van der Waals surface area contributed by atoms with Crippen LogP contribution >= 0.6 is 24.0 Å². The van der Waals surface area contributed by atoms with Crippen LogP contribution in [0.3, 0.4) is 0 Å². The zero-order valence-corrected chi connectivity index (χ0v) is 18.6. The van der Waals surface area contributed by atoms with Crippen LogP contribution in [-0.4, -0.2) is 68.6 Å². The molecule has 0 amide bonds. The molecule has 7 heteroatoms. The number of nitrogens with zero attached hydrogens (tertiary/aromatic N) is 3. The summed E-state index contributed by atoms with van der Waals surface area (Å²) in [4.78, 5) is 20.8. The zero-order chi connectivity index (χ0) is 18.4. The Morgan fingerprint density at radius 3 is 2.59 bits per heavy atom. The third-order valence-electron chi connectivity index (χ3n) is 5.46. The maximum absolute atomic E-state index is 11.7. The number of guanidine groups is 1. The number of rotatable bonds is 4. The highest BCUT2D eigenvalue weighted by Gasteiger charge is 2.27. The fraction of sp³-hybridized carbons (Fsp3) is 0.600. The van der Waals surface area contributed by atoms with E-state index in [2.05, 4.69) is 44.4 Å². The van der Waals surface area contributed by atoms with Gasteiger partial charge in [0.25, 0.3) is 0 Å². The first kappa shape index (κ1) is 21.9. The monoisotopic (exact) mass is 486 g/mol. The molecule has 0 radical (unpaired) electrons. The van der Waals surface area contributed by atoms with Gasteiger partial charge in [0, 0.05) is 46.3 Å². The predicted molar refractivity (Wildman–Crippen MR) is 119 cm³/mol. The molecule has 0 unspecified atom stereocenters. The van der Waals surface area contributed by atoms with Crippen LogP contribution in [0.1, 0.15) is 24.0 Å². The van der Waals surface area contributed by atoms with Crippen molar-refractivity contribution in [2.45, 2.75) is 25.8 Å².